The first-order valence-electron chi connectivity index (χ1n) is 11.9. The van der Waals surface area contributed by atoms with E-state index in [0.29, 0.717) is 11.8 Å². The summed E-state index contributed by atoms with van der Waals surface area (Å²) in [5.41, 5.74) is 5.75. The quantitative estimate of drug-likeness (QED) is 0.496. The average molecular weight is 430 g/mol. The van der Waals surface area contributed by atoms with Crippen LogP contribution in [0.4, 0.5) is 11.6 Å². The van der Waals surface area contributed by atoms with Gasteiger partial charge in [0.2, 0.25) is 0 Å². The first kappa shape index (κ1) is 22.3. The zero-order chi connectivity index (χ0) is 22.9. The molecule has 0 bridgehead atoms. The van der Waals surface area contributed by atoms with Gasteiger partial charge in [-0.1, -0.05) is 75.1 Å². The third kappa shape index (κ3) is 4.79. The Morgan fingerprint density at radius 2 is 1.56 bits per heavy atom. The van der Waals surface area contributed by atoms with Crippen molar-refractivity contribution in [3.8, 4) is 16.9 Å². The number of nitrogens with one attached hydrogen (secondary N) is 1. The molecule has 0 spiro atoms. The minimum atomic E-state index is -0.0676. The van der Waals surface area contributed by atoms with Gasteiger partial charge in [0, 0.05) is 23.6 Å². The van der Waals surface area contributed by atoms with Crippen molar-refractivity contribution in [2.24, 2.45) is 11.8 Å². The summed E-state index contributed by atoms with van der Waals surface area (Å²) < 4.78 is 2.40. The molecule has 1 N–H and O–H groups in total. The molecule has 0 radical (unpaired) electrons. The largest absolute Gasteiger partial charge is 0.399 e. The summed E-state index contributed by atoms with van der Waals surface area (Å²) in [6.45, 7) is 15.7. The molecule has 1 aliphatic heterocycles. The van der Waals surface area contributed by atoms with E-state index in [1.165, 1.54) is 11.4 Å². The number of benzene rings is 2. The van der Waals surface area contributed by atoms with Gasteiger partial charge < -0.3 is 5.32 Å². The third-order valence-electron chi connectivity index (χ3n) is 5.78. The summed E-state index contributed by atoms with van der Waals surface area (Å²) >= 11 is 0. The van der Waals surface area contributed by atoms with Gasteiger partial charge in [-0.25, -0.2) is 0 Å². The van der Waals surface area contributed by atoms with Crippen LogP contribution in [0.15, 0.2) is 60.7 Å². The molecule has 32 heavy (non-hydrogen) atoms. The van der Waals surface area contributed by atoms with E-state index in [2.05, 4.69) is 117 Å². The lowest BCUT2D eigenvalue weighted by atomic mass is 9.97. The lowest BCUT2D eigenvalue weighted by molar-refractivity contribution is -0.593. The van der Waals surface area contributed by atoms with Crippen LogP contribution in [-0.4, -0.2) is 23.6 Å². The molecule has 0 aliphatic carbocycles. The van der Waals surface area contributed by atoms with E-state index in [-0.39, 0.29) is 5.54 Å². The Morgan fingerprint density at radius 3 is 2.22 bits per heavy atom. The van der Waals surface area contributed by atoms with E-state index in [9.17, 15) is 0 Å². The van der Waals surface area contributed by atoms with Gasteiger partial charge in [0.05, 0.1) is 24.5 Å². The van der Waals surface area contributed by atoms with Crippen LogP contribution in [0, 0.1) is 11.8 Å². The molecule has 0 saturated heterocycles. The number of aromatic nitrogens is 2. The van der Waals surface area contributed by atoms with Crippen LogP contribution in [-0.2, 0) is 6.42 Å². The Balaban J connectivity index is 2.01. The highest BCUT2D eigenvalue weighted by Crippen LogP contribution is 2.31. The van der Waals surface area contributed by atoms with Crippen LogP contribution < -0.4 is 14.8 Å². The first-order valence-corrected chi connectivity index (χ1v) is 11.9. The summed E-state index contributed by atoms with van der Waals surface area (Å²) in [6, 6.07) is 21.5. The molecule has 1 aromatic heterocycles. The highest BCUT2D eigenvalue weighted by Gasteiger charge is 2.34. The molecule has 0 atom stereocenters. The fraction of sp³-hybridized carbons (Fsp3) is 0.429. The van der Waals surface area contributed by atoms with Crippen LogP contribution in [0.2, 0.25) is 0 Å². The topological polar surface area (TPSA) is 32.0 Å². The third-order valence-corrected chi connectivity index (χ3v) is 5.78. The van der Waals surface area contributed by atoms with Gasteiger partial charge >= 0.3 is 5.95 Å². The van der Waals surface area contributed by atoms with Gasteiger partial charge in [-0.05, 0) is 37.8 Å². The molecular weight excluding hydrogens is 392 g/mol. The second-order valence-electron chi connectivity index (χ2n) is 10.5. The van der Waals surface area contributed by atoms with Gasteiger partial charge in [0.15, 0.2) is 5.69 Å². The summed E-state index contributed by atoms with van der Waals surface area (Å²) in [6.07, 6.45) is 0.911. The lowest BCUT2D eigenvalue weighted by Crippen LogP contribution is -2.47. The molecule has 1 aliphatic rings. The molecule has 0 saturated carbocycles. The maximum Gasteiger partial charge on any atom is 0.399 e. The lowest BCUT2D eigenvalue weighted by Gasteiger charge is -2.25. The standard InChI is InChI=1S/C28H37N4/c1-20(2)18-31(19-21(3)4)27-29-25(22-12-8-7-9-13-22)16-23-17-28(5,6)30-24-14-10-11-15-26(24)32(23)27/h7-16,20-21,30H,17-19H2,1-6H3/q+1. The summed E-state index contributed by atoms with van der Waals surface area (Å²) in [5.74, 6) is 2.13. The number of hydrogen-bond donors (Lipinski definition) is 1. The van der Waals surface area contributed by atoms with Crippen molar-refractivity contribution in [2.45, 2.75) is 53.5 Å². The predicted molar refractivity (Wildman–Crippen MR) is 134 cm³/mol. The minimum Gasteiger partial charge on any atom is -0.377 e. The molecule has 4 heteroatoms. The van der Waals surface area contributed by atoms with Crippen LogP contribution in [0.3, 0.4) is 0 Å². The van der Waals surface area contributed by atoms with E-state index in [0.717, 1.165) is 42.4 Å². The second kappa shape index (κ2) is 8.93. The molecule has 4 nitrogen and oxygen atoms in total. The van der Waals surface area contributed by atoms with Crippen LogP contribution >= 0.6 is 0 Å². The van der Waals surface area contributed by atoms with Gasteiger partial charge in [-0.15, -0.1) is 0 Å². The molecule has 0 fully saturated rings. The number of nitrogens with zero attached hydrogens (tertiary/aromatic N) is 3. The molecule has 168 valence electrons. The number of rotatable bonds is 6. The fourth-order valence-electron chi connectivity index (χ4n) is 4.66. The highest BCUT2D eigenvalue weighted by molar-refractivity contribution is 5.63. The summed E-state index contributed by atoms with van der Waals surface area (Å²) in [7, 11) is 0. The van der Waals surface area contributed by atoms with Gasteiger partial charge in [-0.2, -0.15) is 4.57 Å². The molecule has 0 amide bonds. The van der Waals surface area contributed by atoms with Crippen molar-refractivity contribution < 1.29 is 4.57 Å². The van der Waals surface area contributed by atoms with E-state index >= 15 is 0 Å². The normalized spacial score (nSPS) is 14.5. The van der Waals surface area contributed by atoms with Crippen molar-refractivity contribution in [2.75, 3.05) is 23.3 Å². The van der Waals surface area contributed by atoms with E-state index < -0.39 is 0 Å². The summed E-state index contributed by atoms with van der Waals surface area (Å²) in [4.78, 5) is 7.80. The minimum absolute atomic E-state index is 0.0676. The first-order chi connectivity index (χ1) is 15.2. The van der Waals surface area contributed by atoms with Gasteiger partial charge in [0.1, 0.15) is 5.69 Å². The van der Waals surface area contributed by atoms with Crippen LogP contribution in [0.5, 0.6) is 0 Å². The smallest absolute Gasteiger partial charge is 0.377 e. The molecule has 4 rings (SSSR count). The average Bonchev–Trinajstić information content (AvgIpc) is 2.84. The van der Waals surface area contributed by atoms with Crippen molar-refractivity contribution in [1.82, 2.24) is 4.98 Å². The zero-order valence-corrected chi connectivity index (χ0v) is 20.4. The Bertz CT molecular complexity index is 1060. The second-order valence-corrected chi connectivity index (χ2v) is 10.5. The number of hydrogen-bond acceptors (Lipinski definition) is 3. The SMILES string of the molecule is CC(C)CN(CC(C)C)c1nc(-c2ccccc2)cc2[n+]1-c1ccccc1NC(C)(C)C2. The maximum absolute atomic E-state index is 5.31. The van der Waals surface area contributed by atoms with Crippen molar-refractivity contribution in [3.63, 3.8) is 0 Å². The molecule has 0 unspecified atom stereocenters. The van der Waals surface area contributed by atoms with E-state index in [1.54, 1.807) is 0 Å². The Hall–Kier alpha value is -2.88. The zero-order valence-electron chi connectivity index (χ0n) is 20.4. The van der Waals surface area contributed by atoms with Gasteiger partial charge in [0.25, 0.3) is 0 Å². The predicted octanol–water partition coefficient (Wildman–Crippen LogP) is 5.89. The van der Waals surface area contributed by atoms with Crippen molar-refractivity contribution in [3.05, 3.63) is 66.4 Å². The van der Waals surface area contributed by atoms with Gasteiger partial charge in [-0.3, -0.25) is 4.90 Å². The van der Waals surface area contributed by atoms with Crippen LogP contribution in [0.1, 0.15) is 47.2 Å². The molecule has 2 heterocycles. The molecular formula is C28H37N4+. The monoisotopic (exact) mass is 429 g/mol. The van der Waals surface area contributed by atoms with E-state index in [4.69, 9.17) is 4.98 Å². The Kier molecular flexibility index (Phi) is 6.23. The molecule has 2 aromatic carbocycles. The van der Waals surface area contributed by atoms with E-state index in [1.807, 2.05) is 0 Å². The van der Waals surface area contributed by atoms with Crippen molar-refractivity contribution in [1.29, 1.82) is 0 Å². The number of fused-ring (bicyclic) bond motifs is 3. The maximum atomic E-state index is 5.31. The number of para-hydroxylation sites is 2. The Morgan fingerprint density at radius 1 is 0.938 bits per heavy atom. The summed E-state index contributed by atoms with van der Waals surface area (Å²) in [5, 5.41) is 3.79. The van der Waals surface area contributed by atoms with Crippen LogP contribution in [0.25, 0.3) is 16.9 Å². The molecule has 3 aromatic rings. The Labute approximate surface area is 193 Å². The fourth-order valence-corrected chi connectivity index (χ4v) is 4.66. The highest BCUT2D eigenvalue weighted by atomic mass is 15.3. The van der Waals surface area contributed by atoms with Crippen molar-refractivity contribution >= 4 is 11.6 Å². The number of anilines is 2.